The fourth-order valence-corrected chi connectivity index (χ4v) is 0. The number of hydrogen-bond donors (Lipinski definition) is 1. The molecule has 0 aromatic rings. The van der Waals surface area contributed by atoms with Gasteiger partial charge in [-0.1, -0.05) is 0 Å². The molecule has 0 aliphatic carbocycles. The van der Waals surface area contributed by atoms with E-state index in [1.165, 1.54) is 0 Å². The number of carbonyl (C=O) groups is 1. The summed E-state index contributed by atoms with van der Waals surface area (Å²) >= 11 is 0. The predicted molar refractivity (Wildman–Crippen MR) is 21.0 cm³/mol. The van der Waals surface area contributed by atoms with E-state index in [0.717, 1.165) is 0 Å². The molecule has 0 saturated heterocycles. The van der Waals surface area contributed by atoms with Crippen LogP contribution in [0, 0.1) is 0 Å². The molecule has 0 rings (SSSR count). The van der Waals surface area contributed by atoms with Gasteiger partial charge in [-0.25, -0.2) is 0 Å². The molecule has 0 aromatic carbocycles. The van der Waals surface area contributed by atoms with Gasteiger partial charge in [0.05, 0.1) is 7.82 Å². The Morgan fingerprint density at radius 1 is 1.27 bits per heavy atom. The van der Waals surface area contributed by atoms with E-state index in [-0.39, 0.29) is 39.5 Å². The van der Waals surface area contributed by atoms with Gasteiger partial charge in [0.25, 0.3) is 0 Å². The van der Waals surface area contributed by atoms with Crippen LogP contribution < -0.4 is 20.0 Å². The van der Waals surface area contributed by atoms with Crippen molar-refractivity contribution in [2.45, 2.75) is 0 Å². The average molecular weight is 239 g/mol. The van der Waals surface area contributed by atoms with Gasteiger partial charge in [-0.15, -0.1) is 0 Å². The molecule has 0 saturated carbocycles. The Morgan fingerprint density at radius 3 is 1.27 bits per heavy atom. The quantitative estimate of drug-likeness (QED) is 0.328. The van der Waals surface area contributed by atoms with E-state index in [0.29, 0.717) is 0 Å². The molecule has 0 aliphatic rings. The number of phosphoric acid groups is 1. The maximum atomic E-state index is 8.66. The first-order chi connectivity index (χ1) is 3.73. The molecule has 0 fully saturated rings. The predicted octanol–water partition coefficient (Wildman–Crippen LogP) is -5.02. The van der Waals surface area contributed by atoms with Crippen LogP contribution >= 0.6 is 7.82 Å². The minimum Gasteiger partial charge on any atom is -0.790 e. The van der Waals surface area contributed by atoms with Gasteiger partial charge in [0.15, 0.2) is 0 Å². The van der Waals surface area contributed by atoms with E-state index < -0.39 is 14.0 Å². The van der Waals surface area contributed by atoms with Crippen LogP contribution in [0.1, 0.15) is 0 Å². The summed E-state index contributed by atoms with van der Waals surface area (Å²) < 4.78 is 8.66. The minimum absolute atomic E-state index is 0. The summed E-state index contributed by atoms with van der Waals surface area (Å²) in [4.78, 5) is 32.6. The Hall–Kier alpha value is 0.640. The summed E-state index contributed by atoms with van der Waals surface area (Å²) in [6.45, 7) is 0. The molecule has 1 N–H and O–H groups in total. The van der Waals surface area contributed by atoms with E-state index in [1.54, 1.807) is 0 Å². The second kappa shape index (κ2) is 10.6. The Morgan fingerprint density at radius 2 is 1.27 bits per heavy atom. The molecular weight excluding hydrogens is 238 g/mol. The molecule has 0 spiro atoms. The number of hydrogen-bond acceptors (Lipinski definition) is 6. The third-order valence-electron chi connectivity index (χ3n) is 0. The third kappa shape index (κ3) is 1940. The van der Waals surface area contributed by atoms with E-state index in [2.05, 4.69) is 0 Å². The summed E-state index contributed by atoms with van der Waals surface area (Å²) in [7, 11) is -5.14. The molecule has 11 heavy (non-hydrogen) atoms. The van der Waals surface area contributed by atoms with Crippen LogP contribution in [-0.4, -0.2) is 34.1 Å². The van der Waals surface area contributed by atoms with Crippen LogP contribution in [0.4, 0.5) is 4.79 Å². The Labute approximate surface area is 87.7 Å². The van der Waals surface area contributed by atoms with E-state index in [1.807, 2.05) is 0 Å². The maximum Gasteiger partial charge on any atom is 2.00 e. The molecule has 0 aromatic heterocycles. The summed E-state index contributed by atoms with van der Waals surface area (Å²) in [5.41, 5.74) is 0. The fourth-order valence-electron chi connectivity index (χ4n) is 0. The first-order valence-electron chi connectivity index (χ1n) is 1.36. The molecule has 0 heterocycles. The van der Waals surface area contributed by atoms with Gasteiger partial charge in [0.2, 0.25) is 0 Å². The number of carboxylic acid groups (broad SMARTS) is 2. The van der Waals surface area contributed by atoms with Gasteiger partial charge in [0.1, 0.15) is 0 Å². The van der Waals surface area contributed by atoms with Crippen molar-refractivity contribution in [1.29, 1.82) is 0 Å². The molecule has 0 bridgehead atoms. The zero-order valence-electron chi connectivity index (χ0n) is 4.87. The van der Waals surface area contributed by atoms with Gasteiger partial charge in [-0.05, 0) is 6.16 Å². The SMILES string of the molecule is O=C([O-])[O-].O=P([O-])([O-])O.[Mg+2].[Ni+2]. The van der Waals surface area contributed by atoms with Crippen LogP contribution in [0.15, 0.2) is 0 Å². The summed E-state index contributed by atoms with van der Waals surface area (Å²) in [5, 5.41) is 16.7. The van der Waals surface area contributed by atoms with Crippen molar-refractivity contribution >= 4 is 37.0 Å². The number of carbonyl (C=O) groups excluding carboxylic acids is 1. The summed E-state index contributed by atoms with van der Waals surface area (Å²) in [6.07, 6.45) is -2.33. The standard InChI is InChI=1S/CH2O3.Mg.Ni.H3O4P/c2-1(3)4;;;1-5(2,3)4/h(H2,2,3,4);;;(H3,1,2,3,4)/q;2*+2;/p-4. The van der Waals surface area contributed by atoms with Crippen molar-refractivity contribution in [1.82, 2.24) is 0 Å². The van der Waals surface area contributed by atoms with Crippen LogP contribution in [0.5, 0.6) is 0 Å². The smallest absolute Gasteiger partial charge is 0.790 e. The topological polar surface area (TPSA) is 147 Å². The van der Waals surface area contributed by atoms with Crippen molar-refractivity contribution < 1.29 is 50.7 Å². The monoisotopic (exact) mass is 238 g/mol. The first kappa shape index (κ1) is 22.6. The van der Waals surface area contributed by atoms with E-state index >= 15 is 0 Å². The molecule has 64 valence electrons. The molecule has 0 radical (unpaired) electrons. The zero-order chi connectivity index (χ0) is 8.08. The van der Waals surface area contributed by atoms with Crippen LogP contribution in [0.3, 0.4) is 0 Å². The van der Waals surface area contributed by atoms with Crippen molar-refractivity contribution in [2.75, 3.05) is 0 Å². The fraction of sp³-hybridized carbons (Fsp3) is 0. The normalized spacial score (nSPS) is 7.55. The molecular formula is CHMgNiO7P. The van der Waals surface area contributed by atoms with Gasteiger partial charge >= 0.3 is 39.5 Å². The second-order valence-electron chi connectivity index (χ2n) is 0.719. The zero-order valence-corrected chi connectivity index (χ0v) is 8.16. The third-order valence-corrected chi connectivity index (χ3v) is 0. The van der Waals surface area contributed by atoms with Gasteiger partial charge in [-0.3, -0.25) is 0 Å². The van der Waals surface area contributed by atoms with E-state index in [4.69, 9.17) is 34.3 Å². The second-order valence-corrected chi connectivity index (χ2v) is 1.66. The van der Waals surface area contributed by atoms with Crippen molar-refractivity contribution in [3.63, 3.8) is 0 Å². The van der Waals surface area contributed by atoms with Crippen LogP contribution in [-0.2, 0) is 21.1 Å². The van der Waals surface area contributed by atoms with Gasteiger partial charge in [-0.2, -0.15) is 0 Å². The van der Waals surface area contributed by atoms with Crippen molar-refractivity contribution in [2.24, 2.45) is 0 Å². The maximum absolute atomic E-state index is 8.66. The molecule has 0 amide bonds. The Bertz CT molecular complexity index is 118. The molecule has 0 aliphatic heterocycles. The summed E-state index contributed by atoms with van der Waals surface area (Å²) in [6, 6.07) is 0. The average Bonchev–Trinajstić information content (AvgIpc) is 1.19. The van der Waals surface area contributed by atoms with Gasteiger partial charge < -0.3 is 34.3 Å². The number of rotatable bonds is 0. The largest absolute Gasteiger partial charge is 2.00 e. The van der Waals surface area contributed by atoms with Crippen molar-refractivity contribution in [3.8, 4) is 0 Å². The molecule has 0 unspecified atom stereocenters. The van der Waals surface area contributed by atoms with E-state index in [9.17, 15) is 0 Å². The van der Waals surface area contributed by atoms with Crippen LogP contribution in [0.2, 0.25) is 0 Å². The van der Waals surface area contributed by atoms with Crippen LogP contribution in [0.25, 0.3) is 0 Å². The molecule has 7 nitrogen and oxygen atoms in total. The summed E-state index contributed by atoms with van der Waals surface area (Å²) in [5.74, 6) is 0. The first-order valence-corrected chi connectivity index (χ1v) is 2.86. The van der Waals surface area contributed by atoms with Gasteiger partial charge in [0, 0.05) is 0 Å². The van der Waals surface area contributed by atoms with Crippen molar-refractivity contribution in [3.05, 3.63) is 0 Å². The molecule has 0 atom stereocenters. The molecule has 10 heteroatoms. The Balaban J connectivity index is -0.0000000383. The minimum atomic E-state index is -5.14. The Kier molecular flexibility index (Phi) is 21.8.